The van der Waals surface area contributed by atoms with E-state index in [4.69, 9.17) is 0 Å². The number of aryl methyl sites for hydroxylation is 3. The Hall–Kier alpha value is -3.72. The minimum atomic E-state index is -4.18. The second-order valence-electron chi connectivity index (χ2n) is 11.2. The van der Waals surface area contributed by atoms with Crippen molar-refractivity contribution < 1.29 is 22.4 Å². The van der Waals surface area contributed by atoms with Crippen LogP contribution in [0.5, 0.6) is 0 Å². The maximum atomic E-state index is 14.8. The molecule has 1 N–H and O–H groups in total. The predicted molar refractivity (Wildman–Crippen MR) is 163 cm³/mol. The number of hydrogen-bond donors (Lipinski definition) is 1. The average molecular weight is 594 g/mol. The summed E-state index contributed by atoms with van der Waals surface area (Å²) in [6.45, 7) is 6.36. The number of carbonyl (C=O) groups is 2. The van der Waals surface area contributed by atoms with Gasteiger partial charge in [0, 0.05) is 18.2 Å². The smallest absolute Gasteiger partial charge is 0.264 e. The van der Waals surface area contributed by atoms with E-state index >= 15 is 0 Å². The summed E-state index contributed by atoms with van der Waals surface area (Å²) in [5, 5.41) is 3.06. The minimum Gasteiger partial charge on any atom is -0.352 e. The van der Waals surface area contributed by atoms with Crippen LogP contribution >= 0.6 is 0 Å². The molecule has 3 aromatic rings. The second kappa shape index (κ2) is 13.5. The van der Waals surface area contributed by atoms with E-state index < -0.39 is 34.3 Å². The first-order valence-corrected chi connectivity index (χ1v) is 15.9. The monoisotopic (exact) mass is 593 g/mol. The first-order chi connectivity index (χ1) is 20.0. The van der Waals surface area contributed by atoms with Gasteiger partial charge in [0.15, 0.2) is 0 Å². The lowest BCUT2D eigenvalue weighted by Crippen LogP contribution is -2.53. The molecule has 1 atom stereocenters. The van der Waals surface area contributed by atoms with E-state index in [0.717, 1.165) is 47.5 Å². The predicted octanol–water partition coefficient (Wildman–Crippen LogP) is 5.81. The van der Waals surface area contributed by atoms with Crippen LogP contribution in [-0.2, 0) is 26.2 Å². The molecule has 3 aromatic carbocycles. The summed E-state index contributed by atoms with van der Waals surface area (Å²) in [5.41, 5.74) is 3.01. The molecule has 0 spiro atoms. The first kappa shape index (κ1) is 31.2. The highest BCUT2D eigenvalue weighted by Gasteiger charge is 2.34. The van der Waals surface area contributed by atoms with Crippen molar-refractivity contribution in [1.29, 1.82) is 0 Å². The van der Waals surface area contributed by atoms with Crippen LogP contribution in [0.1, 0.15) is 61.3 Å². The summed E-state index contributed by atoms with van der Waals surface area (Å²) < 4.78 is 44.0. The van der Waals surface area contributed by atoms with Crippen molar-refractivity contribution in [2.45, 2.75) is 83.3 Å². The molecule has 1 fully saturated rings. The number of carbonyl (C=O) groups excluding carboxylic acids is 2. The number of hydrogen-bond acceptors (Lipinski definition) is 4. The Kier molecular flexibility index (Phi) is 10.0. The van der Waals surface area contributed by atoms with E-state index in [0.29, 0.717) is 11.3 Å². The Morgan fingerprint density at radius 3 is 2.24 bits per heavy atom. The van der Waals surface area contributed by atoms with Crippen LogP contribution < -0.4 is 9.62 Å². The van der Waals surface area contributed by atoms with Gasteiger partial charge in [0.2, 0.25) is 11.8 Å². The van der Waals surface area contributed by atoms with Gasteiger partial charge in [0.1, 0.15) is 18.4 Å². The molecule has 1 unspecified atom stereocenters. The number of sulfonamides is 1. The maximum absolute atomic E-state index is 14.8. The summed E-state index contributed by atoms with van der Waals surface area (Å²) in [7, 11) is -4.18. The molecular formula is C33H40FN3O4S. The largest absolute Gasteiger partial charge is 0.352 e. The summed E-state index contributed by atoms with van der Waals surface area (Å²) in [4.78, 5) is 28.9. The molecule has 1 saturated carbocycles. The minimum absolute atomic E-state index is 0.0208. The molecule has 2 amide bonds. The normalized spacial score (nSPS) is 14.7. The molecule has 0 radical (unpaired) electrons. The highest BCUT2D eigenvalue weighted by atomic mass is 32.2. The summed E-state index contributed by atoms with van der Waals surface area (Å²) in [6, 6.07) is 17.0. The molecule has 0 aliphatic heterocycles. The van der Waals surface area contributed by atoms with Crippen molar-refractivity contribution in [3.8, 4) is 0 Å². The number of nitrogens with one attached hydrogen (secondary N) is 1. The van der Waals surface area contributed by atoms with Crippen LogP contribution in [0.25, 0.3) is 0 Å². The molecule has 0 saturated heterocycles. The zero-order valence-corrected chi connectivity index (χ0v) is 25.6. The zero-order valence-electron chi connectivity index (χ0n) is 24.8. The molecule has 1 aliphatic carbocycles. The van der Waals surface area contributed by atoms with Crippen LogP contribution in [0, 0.1) is 26.6 Å². The third kappa shape index (κ3) is 7.37. The van der Waals surface area contributed by atoms with Gasteiger partial charge in [0.25, 0.3) is 10.0 Å². The molecule has 1 aliphatic rings. The number of nitrogens with zero attached hydrogens (tertiary/aromatic N) is 2. The lowest BCUT2D eigenvalue weighted by atomic mass is 9.95. The summed E-state index contributed by atoms with van der Waals surface area (Å²) >= 11 is 0. The Morgan fingerprint density at radius 1 is 0.929 bits per heavy atom. The number of amides is 2. The Labute approximate surface area is 248 Å². The molecule has 0 heterocycles. The van der Waals surface area contributed by atoms with Crippen molar-refractivity contribution in [1.82, 2.24) is 10.2 Å². The van der Waals surface area contributed by atoms with Crippen LogP contribution in [-0.4, -0.2) is 43.8 Å². The van der Waals surface area contributed by atoms with Gasteiger partial charge in [-0.2, -0.15) is 0 Å². The fourth-order valence-corrected chi connectivity index (χ4v) is 6.77. The number of rotatable bonds is 10. The van der Waals surface area contributed by atoms with Crippen molar-refractivity contribution in [2.24, 2.45) is 0 Å². The quantitative estimate of drug-likeness (QED) is 0.321. The maximum Gasteiger partial charge on any atom is 0.264 e. The number of halogens is 1. The standard InChI is InChI=1S/C33H40FN3O4S/c1-23-15-18-29(19-16-23)42(40,41)37(31-20-24(2)14-17-25(31)3)22-32(38)36(21-27-10-8-9-13-30(27)34)26(4)33(39)35-28-11-6-5-7-12-28/h8-10,13-20,26,28H,5-7,11-12,21-22H2,1-4H3,(H,35,39). The zero-order chi connectivity index (χ0) is 30.4. The molecule has 0 bridgehead atoms. The average Bonchev–Trinajstić information content (AvgIpc) is 2.97. The number of anilines is 1. The molecule has 0 aromatic heterocycles. The van der Waals surface area contributed by atoms with Gasteiger partial charge in [-0.05, 0) is 75.9 Å². The van der Waals surface area contributed by atoms with Crippen LogP contribution in [0.15, 0.2) is 71.6 Å². The Morgan fingerprint density at radius 2 is 1.57 bits per heavy atom. The van der Waals surface area contributed by atoms with Crippen molar-refractivity contribution in [2.75, 3.05) is 10.8 Å². The van der Waals surface area contributed by atoms with E-state index in [-0.39, 0.29) is 29.0 Å². The van der Waals surface area contributed by atoms with Gasteiger partial charge in [-0.25, -0.2) is 12.8 Å². The van der Waals surface area contributed by atoms with Gasteiger partial charge in [-0.15, -0.1) is 0 Å². The molecule has 224 valence electrons. The lowest BCUT2D eigenvalue weighted by Gasteiger charge is -2.33. The van der Waals surface area contributed by atoms with Crippen molar-refractivity contribution in [3.05, 3.63) is 94.8 Å². The molecule has 9 heteroatoms. The van der Waals surface area contributed by atoms with E-state index in [9.17, 15) is 22.4 Å². The summed E-state index contributed by atoms with van der Waals surface area (Å²) in [5.74, 6) is -1.46. The lowest BCUT2D eigenvalue weighted by molar-refractivity contribution is -0.139. The first-order valence-electron chi connectivity index (χ1n) is 14.5. The molecule has 7 nitrogen and oxygen atoms in total. The topological polar surface area (TPSA) is 86.8 Å². The fraction of sp³-hybridized carbons (Fsp3) is 0.394. The SMILES string of the molecule is Cc1ccc(S(=O)(=O)N(CC(=O)N(Cc2ccccc2F)C(C)C(=O)NC2CCCCC2)c2cc(C)ccc2C)cc1. The van der Waals surface area contributed by atoms with Gasteiger partial charge in [-0.1, -0.05) is 67.3 Å². The van der Waals surface area contributed by atoms with Crippen molar-refractivity contribution in [3.63, 3.8) is 0 Å². The Bertz CT molecular complexity index is 1520. The number of benzene rings is 3. The molecule has 4 rings (SSSR count). The van der Waals surface area contributed by atoms with Gasteiger partial charge < -0.3 is 10.2 Å². The highest BCUT2D eigenvalue weighted by molar-refractivity contribution is 7.92. The van der Waals surface area contributed by atoms with Gasteiger partial charge in [0.05, 0.1) is 10.6 Å². The highest BCUT2D eigenvalue weighted by Crippen LogP contribution is 2.29. The Balaban J connectivity index is 1.72. The van der Waals surface area contributed by atoms with Gasteiger partial charge >= 0.3 is 0 Å². The van der Waals surface area contributed by atoms with E-state index in [1.807, 2.05) is 26.0 Å². The molecule has 42 heavy (non-hydrogen) atoms. The third-order valence-electron chi connectivity index (χ3n) is 7.94. The van der Waals surface area contributed by atoms with Crippen molar-refractivity contribution >= 4 is 27.5 Å². The van der Waals surface area contributed by atoms with Crippen LogP contribution in [0.2, 0.25) is 0 Å². The van der Waals surface area contributed by atoms with E-state index in [1.54, 1.807) is 50.2 Å². The van der Waals surface area contributed by atoms with E-state index in [1.165, 1.54) is 23.1 Å². The van der Waals surface area contributed by atoms with Gasteiger partial charge in [-0.3, -0.25) is 13.9 Å². The third-order valence-corrected chi connectivity index (χ3v) is 9.71. The summed E-state index contributed by atoms with van der Waals surface area (Å²) in [6.07, 6.45) is 4.92. The van der Waals surface area contributed by atoms with E-state index in [2.05, 4.69) is 5.32 Å². The molecular weight excluding hydrogens is 553 g/mol. The fourth-order valence-electron chi connectivity index (χ4n) is 5.30. The second-order valence-corrected chi connectivity index (χ2v) is 13.1. The van der Waals surface area contributed by atoms with Crippen LogP contribution in [0.4, 0.5) is 10.1 Å². The van der Waals surface area contributed by atoms with Crippen LogP contribution in [0.3, 0.4) is 0 Å².